The molecule has 0 unspecified atom stereocenters. The Balaban J connectivity index is 1.61. The second-order valence-electron chi connectivity index (χ2n) is 4.98. The standard InChI is InChI=1S/C18H16N4O2/c1-24-15-9-7-14(8-10-15)18(23)22-21-17-12-11-16(19-20-17)13-5-3-2-4-6-13/h2-12H,1H3,(H,20,21)(H,22,23). The summed E-state index contributed by atoms with van der Waals surface area (Å²) in [5.74, 6) is 0.880. The van der Waals surface area contributed by atoms with Gasteiger partial charge in [-0.2, -0.15) is 0 Å². The molecule has 1 amide bonds. The van der Waals surface area contributed by atoms with Gasteiger partial charge in [0.1, 0.15) is 5.75 Å². The highest BCUT2D eigenvalue weighted by Gasteiger charge is 2.06. The van der Waals surface area contributed by atoms with E-state index in [9.17, 15) is 4.79 Å². The number of hydrogen-bond acceptors (Lipinski definition) is 5. The Morgan fingerprint density at radius 2 is 1.67 bits per heavy atom. The van der Waals surface area contributed by atoms with Gasteiger partial charge in [-0.3, -0.25) is 15.6 Å². The lowest BCUT2D eigenvalue weighted by Crippen LogP contribution is -2.29. The molecule has 2 N–H and O–H groups in total. The van der Waals surface area contributed by atoms with Gasteiger partial charge in [0, 0.05) is 11.1 Å². The maximum absolute atomic E-state index is 12.0. The molecule has 0 saturated heterocycles. The van der Waals surface area contributed by atoms with Gasteiger partial charge < -0.3 is 4.74 Å². The molecule has 6 heteroatoms. The molecule has 6 nitrogen and oxygen atoms in total. The number of rotatable bonds is 5. The van der Waals surface area contributed by atoms with E-state index in [4.69, 9.17) is 4.74 Å². The Kier molecular flexibility index (Phi) is 4.67. The lowest BCUT2D eigenvalue weighted by molar-refractivity contribution is 0.0962. The van der Waals surface area contributed by atoms with Crippen molar-refractivity contribution in [1.82, 2.24) is 15.6 Å². The fourth-order valence-corrected chi connectivity index (χ4v) is 2.10. The first-order chi connectivity index (χ1) is 11.8. The van der Waals surface area contributed by atoms with E-state index in [1.165, 1.54) is 0 Å². The van der Waals surface area contributed by atoms with Crippen LogP contribution >= 0.6 is 0 Å². The lowest BCUT2D eigenvalue weighted by atomic mass is 10.1. The number of methoxy groups -OCH3 is 1. The van der Waals surface area contributed by atoms with Crippen LogP contribution in [0.3, 0.4) is 0 Å². The molecule has 2 aromatic carbocycles. The quantitative estimate of drug-likeness (QED) is 0.707. The van der Waals surface area contributed by atoms with Crippen molar-refractivity contribution in [3.63, 3.8) is 0 Å². The maximum Gasteiger partial charge on any atom is 0.269 e. The van der Waals surface area contributed by atoms with Crippen LogP contribution in [0.5, 0.6) is 5.75 Å². The topological polar surface area (TPSA) is 76.1 Å². The molecule has 120 valence electrons. The third kappa shape index (κ3) is 3.67. The predicted molar refractivity (Wildman–Crippen MR) is 91.6 cm³/mol. The number of nitrogens with one attached hydrogen (secondary N) is 2. The molecule has 0 fully saturated rings. The van der Waals surface area contributed by atoms with Crippen molar-refractivity contribution in [2.75, 3.05) is 12.5 Å². The van der Waals surface area contributed by atoms with E-state index in [1.54, 1.807) is 37.4 Å². The van der Waals surface area contributed by atoms with E-state index in [0.717, 1.165) is 11.3 Å². The Hall–Kier alpha value is -3.41. The molecule has 1 aromatic heterocycles. The zero-order chi connectivity index (χ0) is 16.8. The van der Waals surface area contributed by atoms with Crippen molar-refractivity contribution >= 4 is 11.7 Å². The normalized spacial score (nSPS) is 10.0. The third-order valence-electron chi connectivity index (χ3n) is 3.39. The number of carbonyl (C=O) groups is 1. The molecule has 0 aliphatic carbocycles. The number of carbonyl (C=O) groups excluding carboxylic acids is 1. The summed E-state index contributed by atoms with van der Waals surface area (Å²) in [5.41, 5.74) is 7.59. The minimum Gasteiger partial charge on any atom is -0.497 e. The number of aromatic nitrogens is 2. The second-order valence-corrected chi connectivity index (χ2v) is 4.98. The number of hydrogen-bond donors (Lipinski definition) is 2. The average Bonchev–Trinajstić information content (AvgIpc) is 2.67. The van der Waals surface area contributed by atoms with Gasteiger partial charge in [0.2, 0.25) is 0 Å². The second kappa shape index (κ2) is 7.23. The summed E-state index contributed by atoms with van der Waals surface area (Å²) < 4.78 is 5.06. The van der Waals surface area contributed by atoms with Crippen LogP contribution in [0, 0.1) is 0 Å². The Bertz CT molecular complexity index is 803. The molecule has 0 bridgehead atoms. The van der Waals surface area contributed by atoms with E-state index < -0.39 is 0 Å². The van der Waals surface area contributed by atoms with Gasteiger partial charge in [-0.05, 0) is 36.4 Å². The number of amides is 1. The molecule has 0 spiro atoms. The summed E-state index contributed by atoms with van der Waals surface area (Å²) in [6.07, 6.45) is 0. The summed E-state index contributed by atoms with van der Waals surface area (Å²) in [5, 5.41) is 8.19. The summed E-state index contributed by atoms with van der Waals surface area (Å²) in [6, 6.07) is 20.2. The summed E-state index contributed by atoms with van der Waals surface area (Å²) >= 11 is 0. The fraction of sp³-hybridized carbons (Fsp3) is 0.0556. The molecule has 3 aromatic rings. The van der Waals surface area contributed by atoms with Crippen LogP contribution in [-0.2, 0) is 0 Å². The van der Waals surface area contributed by atoms with Crippen LogP contribution in [0.25, 0.3) is 11.3 Å². The number of ether oxygens (including phenoxy) is 1. The number of anilines is 1. The van der Waals surface area contributed by atoms with Crippen molar-refractivity contribution in [3.8, 4) is 17.0 Å². The summed E-state index contributed by atoms with van der Waals surface area (Å²) in [7, 11) is 1.58. The van der Waals surface area contributed by atoms with Crippen LogP contribution < -0.4 is 15.6 Å². The van der Waals surface area contributed by atoms with Crippen molar-refractivity contribution in [3.05, 3.63) is 72.3 Å². The number of hydrazine groups is 1. The Labute approximate surface area is 139 Å². The summed E-state index contributed by atoms with van der Waals surface area (Å²) in [4.78, 5) is 12.0. The average molecular weight is 320 g/mol. The smallest absolute Gasteiger partial charge is 0.269 e. The van der Waals surface area contributed by atoms with Crippen molar-refractivity contribution in [1.29, 1.82) is 0 Å². The SMILES string of the molecule is COc1ccc(C(=O)NNc2ccc(-c3ccccc3)nn2)cc1. The molecule has 0 radical (unpaired) electrons. The minimum absolute atomic E-state index is 0.272. The number of nitrogens with zero attached hydrogens (tertiary/aromatic N) is 2. The van der Waals surface area contributed by atoms with Crippen LogP contribution in [0.2, 0.25) is 0 Å². The molecular formula is C18H16N4O2. The van der Waals surface area contributed by atoms with Crippen molar-refractivity contribution in [2.24, 2.45) is 0 Å². The van der Waals surface area contributed by atoms with E-state index in [-0.39, 0.29) is 5.91 Å². The number of benzene rings is 2. The Morgan fingerprint density at radius 1 is 0.917 bits per heavy atom. The van der Waals surface area contributed by atoms with Crippen LogP contribution in [-0.4, -0.2) is 23.2 Å². The van der Waals surface area contributed by atoms with E-state index in [2.05, 4.69) is 21.0 Å². The highest BCUT2D eigenvalue weighted by atomic mass is 16.5. The van der Waals surface area contributed by atoms with Gasteiger partial charge in [0.05, 0.1) is 12.8 Å². The molecule has 1 heterocycles. The van der Waals surface area contributed by atoms with Crippen molar-refractivity contribution in [2.45, 2.75) is 0 Å². The molecule has 0 aliphatic rings. The van der Waals surface area contributed by atoms with Gasteiger partial charge >= 0.3 is 0 Å². The summed E-state index contributed by atoms with van der Waals surface area (Å²) in [6.45, 7) is 0. The van der Waals surface area contributed by atoms with Gasteiger partial charge in [-0.25, -0.2) is 0 Å². The maximum atomic E-state index is 12.0. The Morgan fingerprint density at radius 3 is 2.29 bits per heavy atom. The van der Waals surface area contributed by atoms with Gasteiger partial charge in [0.15, 0.2) is 5.82 Å². The molecule has 0 aliphatic heterocycles. The largest absolute Gasteiger partial charge is 0.497 e. The zero-order valence-electron chi connectivity index (χ0n) is 13.1. The fourth-order valence-electron chi connectivity index (χ4n) is 2.10. The molecule has 24 heavy (non-hydrogen) atoms. The van der Waals surface area contributed by atoms with Gasteiger partial charge in [-0.15, -0.1) is 10.2 Å². The lowest BCUT2D eigenvalue weighted by Gasteiger charge is -2.08. The third-order valence-corrected chi connectivity index (χ3v) is 3.39. The van der Waals surface area contributed by atoms with Crippen LogP contribution in [0.15, 0.2) is 66.7 Å². The van der Waals surface area contributed by atoms with E-state index >= 15 is 0 Å². The highest BCUT2D eigenvalue weighted by molar-refractivity contribution is 5.94. The molecular weight excluding hydrogens is 304 g/mol. The van der Waals surface area contributed by atoms with Crippen LogP contribution in [0.4, 0.5) is 5.82 Å². The van der Waals surface area contributed by atoms with Crippen molar-refractivity contribution < 1.29 is 9.53 Å². The van der Waals surface area contributed by atoms with Gasteiger partial charge in [-0.1, -0.05) is 30.3 Å². The molecule has 3 rings (SSSR count). The highest BCUT2D eigenvalue weighted by Crippen LogP contribution is 2.16. The molecule has 0 atom stereocenters. The minimum atomic E-state index is -0.272. The monoisotopic (exact) mass is 320 g/mol. The first kappa shape index (κ1) is 15.5. The van der Waals surface area contributed by atoms with Crippen LogP contribution in [0.1, 0.15) is 10.4 Å². The first-order valence-electron chi connectivity index (χ1n) is 7.36. The zero-order valence-corrected chi connectivity index (χ0v) is 13.1. The van der Waals surface area contributed by atoms with Gasteiger partial charge in [0.25, 0.3) is 5.91 Å². The van der Waals surface area contributed by atoms with E-state index in [1.807, 2.05) is 36.4 Å². The predicted octanol–water partition coefficient (Wildman–Crippen LogP) is 2.91. The first-order valence-corrected chi connectivity index (χ1v) is 7.36. The molecule has 0 saturated carbocycles. The van der Waals surface area contributed by atoms with E-state index in [0.29, 0.717) is 17.1 Å².